The van der Waals surface area contributed by atoms with E-state index in [1.807, 2.05) is 11.5 Å². The van der Waals surface area contributed by atoms with Crippen LogP contribution in [0.15, 0.2) is 22.7 Å². The van der Waals surface area contributed by atoms with Gasteiger partial charge < -0.3 is 9.67 Å². The summed E-state index contributed by atoms with van der Waals surface area (Å²) in [6.45, 7) is 5.37. The predicted molar refractivity (Wildman–Crippen MR) is 74.6 cm³/mol. The van der Waals surface area contributed by atoms with Crippen LogP contribution in [0.5, 0.6) is 0 Å². The molecule has 0 fully saturated rings. The fourth-order valence-electron chi connectivity index (χ4n) is 2.23. The molecule has 3 nitrogen and oxygen atoms in total. The summed E-state index contributed by atoms with van der Waals surface area (Å²) in [5, 5.41) is 9.14. The molecule has 2 rings (SSSR count). The standard InChI is InChI=1S/C14H13BrFNO2/c1-7-4-12(16)11(15)6-13(7)17-8(2)5-10(9(17)3)14(18)19/h4-6H,1-3H3,(H,18,19). The summed E-state index contributed by atoms with van der Waals surface area (Å²) in [6, 6.07) is 4.71. The molecule has 19 heavy (non-hydrogen) atoms. The largest absolute Gasteiger partial charge is 0.478 e. The van der Waals surface area contributed by atoms with Gasteiger partial charge in [-0.2, -0.15) is 0 Å². The minimum Gasteiger partial charge on any atom is -0.478 e. The Bertz CT molecular complexity index is 677. The van der Waals surface area contributed by atoms with Gasteiger partial charge in [0.25, 0.3) is 0 Å². The Labute approximate surface area is 118 Å². The van der Waals surface area contributed by atoms with Crippen LogP contribution in [0, 0.1) is 26.6 Å². The van der Waals surface area contributed by atoms with E-state index in [0.29, 0.717) is 10.2 Å². The minimum atomic E-state index is -0.960. The van der Waals surface area contributed by atoms with Crippen LogP contribution in [0.4, 0.5) is 4.39 Å². The molecule has 1 aromatic carbocycles. The van der Waals surface area contributed by atoms with Crippen molar-refractivity contribution in [1.29, 1.82) is 0 Å². The number of hydrogen-bond acceptors (Lipinski definition) is 1. The van der Waals surface area contributed by atoms with Gasteiger partial charge in [0.05, 0.1) is 10.0 Å². The van der Waals surface area contributed by atoms with Crippen molar-refractivity contribution in [3.05, 3.63) is 51.0 Å². The van der Waals surface area contributed by atoms with Crippen LogP contribution in [0.3, 0.4) is 0 Å². The number of aromatic nitrogens is 1. The van der Waals surface area contributed by atoms with Gasteiger partial charge in [-0.05, 0) is 60.5 Å². The fourth-order valence-corrected chi connectivity index (χ4v) is 2.56. The molecule has 0 unspecified atom stereocenters. The van der Waals surface area contributed by atoms with Gasteiger partial charge in [-0.15, -0.1) is 0 Å². The van der Waals surface area contributed by atoms with Crippen molar-refractivity contribution in [2.24, 2.45) is 0 Å². The van der Waals surface area contributed by atoms with Gasteiger partial charge in [0.1, 0.15) is 5.82 Å². The molecule has 0 aliphatic heterocycles. The Hall–Kier alpha value is -1.62. The highest BCUT2D eigenvalue weighted by Gasteiger charge is 2.17. The van der Waals surface area contributed by atoms with Crippen molar-refractivity contribution in [2.75, 3.05) is 0 Å². The van der Waals surface area contributed by atoms with Crippen LogP contribution >= 0.6 is 15.9 Å². The van der Waals surface area contributed by atoms with Crippen LogP contribution in [-0.2, 0) is 0 Å². The SMILES string of the molecule is Cc1cc(F)c(Br)cc1-n1c(C)cc(C(=O)O)c1C. The average molecular weight is 326 g/mol. The number of carbonyl (C=O) groups is 1. The molecule has 0 amide bonds. The first-order chi connectivity index (χ1) is 8.82. The Morgan fingerprint density at radius 1 is 1.26 bits per heavy atom. The zero-order chi connectivity index (χ0) is 14.3. The van der Waals surface area contributed by atoms with E-state index in [4.69, 9.17) is 5.11 Å². The topological polar surface area (TPSA) is 42.2 Å². The van der Waals surface area contributed by atoms with E-state index in [1.165, 1.54) is 6.07 Å². The molecule has 0 radical (unpaired) electrons. The third kappa shape index (κ3) is 2.30. The lowest BCUT2D eigenvalue weighted by molar-refractivity contribution is 0.0696. The summed E-state index contributed by atoms with van der Waals surface area (Å²) >= 11 is 3.16. The predicted octanol–water partition coefficient (Wildman–Crippen LogP) is 4.00. The van der Waals surface area contributed by atoms with E-state index in [9.17, 15) is 9.18 Å². The molecule has 0 aliphatic rings. The van der Waals surface area contributed by atoms with Crippen molar-refractivity contribution < 1.29 is 14.3 Å². The first-order valence-electron chi connectivity index (χ1n) is 5.71. The van der Waals surface area contributed by atoms with Gasteiger partial charge in [0.2, 0.25) is 0 Å². The average Bonchev–Trinajstić information content (AvgIpc) is 2.60. The van der Waals surface area contributed by atoms with Gasteiger partial charge in [-0.25, -0.2) is 9.18 Å². The van der Waals surface area contributed by atoms with Crippen LogP contribution in [-0.4, -0.2) is 15.6 Å². The zero-order valence-electron chi connectivity index (χ0n) is 10.8. The number of carboxylic acids is 1. The molecule has 5 heteroatoms. The van der Waals surface area contributed by atoms with Gasteiger partial charge in [0.15, 0.2) is 0 Å². The third-order valence-corrected chi connectivity index (χ3v) is 3.75. The van der Waals surface area contributed by atoms with Crippen LogP contribution in [0.25, 0.3) is 5.69 Å². The van der Waals surface area contributed by atoms with E-state index >= 15 is 0 Å². The Balaban J connectivity index is 2.73. The molecule has 0 saturated carbocycles. The summed E-state index contributed by atoms with van der Waals surface area (Å²) in [5.74, 6) is -1.29. The molecule has 0 aliphatic carbocycles. The molecule has 1 aromatic heterocycles. The fraction of sp³-hybridized carbons (Fsp3) is 0.214. The first-order valence-corrected chi connectivity index (χ1v) is 6.50. The lowest BCUT2D eigenvalue weighted by Gasteiger charge is -2.13. The molecular formula is C14H13BrFNO2. The molecular weight excluding hydrogens is 313 g/mol. The van der Waals surface area contributed by atoms with E-state index in [2.05, 4.69) is 15.9 Å². The van der Waals surface area contributed by atoms with E-state index in [1.54, 1.807) is 26.0 Å². The Morgan fingerprint density at radius 3 is 2.42 bits per heavy atom. The first kappa shape index (κ1) is 13.8. The number of rotatable bonds is 2. The number of halogens is 2. The number of benzene rings is 1. The van der Waals surface area contributed by atoms with Gasteiger partial charge in [-0.3, -0.25) is 0 Å². The number of carboxylic acid groups (broad SMARTS) is 1. The van der Waals surface area contributed by atoms with Crippen molar-refractivity contribution in [1.82, 2.24) is 4.57 Å². The maximum atomic E-state index is 13.5. The minimum absolute atomic E-state index is 0.261. The Morgan fingerprint density at radius 2 is 1.89 bits per heavy atom. The van der Waals surface area contributed by atoms with Crippen LogP contribution < -0.4 is 0 Å². The van der Waals surface area contributed by atoms with Gasteiger partial charge in [0, 0.05) is 17.1 Å². The third-order valence-electron chi connectivity index (χ3n) is 3.14. The molecule has 1 N–H and O–H groups in total. The summed E-state index contributed by atoms with van der Waals surface area (Å²) in [4.78, 5) is 11.1. The van der Waals surface area contributed by atoms with Gasteiger partial charge >= 0.3 is 5.97 Å². The summed E-state index contributed by atoms with van der Waals surface area (Å²) in [7, 11) is 0. The lowest BCUT2D eigenvalue weighted by atomic mass is 10.2. The number of hydrogen-bond donors (Lipinski definition) is 1. The molecule has 0 atom stereocenters. The molecule has 0 bridgehead atoms. The normalized spacial score (nSPS) is 10.8. The second-order valence-corrected chi connectivity index (χ2v) is 5.33. The van der Waals surface area contributed by atoms with Crippen molar-refractivity contribution >= 4 is 21.9 Å². The van der Waals surface area contributed by atoms with Crippen molar-refractivity contribution in [3.63, 3.8) is 0 Å². The molecule has 100 valence electrons. The lowest BCUT2D eigenvalue weighted by Crippen LogP contribution is -2.04. The summed E-state index contributed by atoms with van der Waals surface area (Å²) < 4.78 is 15.6. The van der Waals surface area contributed by atoms with E-state index in [0.717, 1.165) is 16.9 Å². The summed E-state index contributed by atoms with van der Waals surface area (Å²) in [6.07, 6.45) is 0. The smallest absolute Gasteiger partial charge is 0.337 e. The van der Waals surface area contributed by atoms with Crippen molar-refractivity contribution in [2.45, 2.75) is 20.8 Å². The molecule has 2 aromatic rings. The highest BCUT2D eigenvalue weighted by atomic mass is 79.9. The molecule has 0 spiro atoms. The maximum Gasteiger partial charge on any atom is 0.337 e. The van der Waals surface area contributed by atoms with Crippen LogP contribution in [0.2, 0.25) is 0 Å². The van der Waals surface area contributed by atoms with Crippen molar-refractivity contribution in [3.8, 4) is 5.69 Å². The van der Waals surface area contributed by atoms with E-state index < -0.39 is 5.97 Å². The number of aryl methyl sites for hydroxylation is 2. The monoisotopic (exact) mass is 325 g/mol. The van der Waals surface area contributed by atoms with Gasteiger partial charge in [-0.1, -0.05) is 0 Å². The number of aromatic carboxylic acids is 1. The summed E-state index contributed by atoms with van der Waals surface area (Å²) in [5.41, 5.74) is 3.22. The van der Waals surface area contributed by atoms with E-state index in [-0.39, 0.29) is 11.4 Å². The highest BCUT2D eigenvalue weighted by Crippen LogP contribution is 2.27. The quantitative estimate of drug-likeness (QED) is 0.906. The molecule has 1 heterocycles. The molecule has 0 saturated heterocycles. The zero-order valence-corrected chi connectivity index (χ0v) is 12.4. The highest BCUT2D eigenvalue weighted by molar-refractivity contribution is 9.10. The maximum absolute atomic E-state index is 13.5. The second kappa shape index (κ2) is 4.81. The van der Waals surface area contributed by atoms with Crippen LogP contribution in [0.1, 0.15) is 27.3 Å². The Kier molecular flexibility index (Phi) is 3.49. The number of nitrogens with zero attached hydrogens (tertiary/aromatic N) is 1. The second-order valence-electron chi connectivity index (χ2n) is 4.48.